The van der Waals surface area contributed by atoms with Crippen LogP contribution < -0.4 is 4.90 Å². The first kappa shape index (κ1) is 19.3. The maximum atomic E-state index is 12.8. The third-order valence-electron chi connectivity index (χ3n) is 5.55. The van der Waals surface area contributed by atoms with Crippen LogP contribution in [0.15, 0.2) is 77.3 Å². The minimum Gasteiger partial charge on any atom is -0.323 e. The summed E-state index contributed by atoms with van der Waals surface area (Å²) in [6, 6.07) is 23.9. The van der Waals surface area contributed by atoms with Gasteiger partial charge in [0.1, 0.15) is 5.82 Å². The summed E-state index contributed by atoms with van der Waals surface area (Å²) in [7, 11) is 0. The highest BCUT2D eigenvalue weighted by Crippen LogP contribution is 2.34. The molecule has 1 unspecified atom stereocenters. The van der Waals surface area contributed by atoms with Crippen molar-refractivity contribution in [1.82, 2.24) is 9.55 Å². The van der Waals surface area contributed by atoms with Gasteiger partial charge in [0, 0.05) is 40.6 Å². The van der Waals surface area contributed by atoms with Crippen molar-refractivity contribution in [3.63, 3.8) is 0 Å². The number of anilines is 1. The van der Waals surface area contributed by atoms with Crippen molar-refractivity contribution in [2.75, 3.05) is 11.4 Å². The lowest BCUT2D eigenvalue weighted by Gasteiger charge is -2.18. The van der Waals surface area contributed by atoms with Crippen LogP contribution in [0.25, 0.3) is 11.0 Å². The summed E-state index contributed by atoms with van der Waals surface area (Å²) >= 11 is 9.65. The van der Waals surface area contributed by atoms with E-state index in [4.69, 9.17) is 16.6 Å². The minimum atomic E-state index is 0.0272. The van der Waals surface area contributed by atoms with Gasteiger partial charge in [0.25, 0.3) is 0 Å². The predicted molar refractivity (Wildman–Crippen MR) is 124 cm³/mol. The first-order valence-corrected chi connectivity index (χ1v) is 11.0. The van der Waals surface area contributed by atoms with Gasteiger partial charge in [-0.25, -0.2) is 4.98 Å². The number of carbonyl (C=O) groups excluding carboxylic acids is 1. The molecule has 6 heteroatoms. The SMILES string of the molecule is O=C1CC(c2nc3ccccc3n2Cc2ccc(Br)cc2)CN1c1cccc(Cl)c1. The lowest BCUT2D eigenvalue weighted by Crippen LogP contribution is -2.24. The van der Waals surface area contributed by atoms with Crippen molar-refractivity contribution < 1.29 is 4.79 Å². The summed E-state index contributed by atoms with van der Waals surface area (Å²) in [5.74, 6) is 1.08. The molecule has 1 aliphatic rings. The molecule has 1 amide bonds. The molecule has 1 aliphatic heterocycles. The summed E-state index contributed by atoms with van der Waals surface area (Å²) in [5.41, 5.74) is 4.08. The number of hydrogen-bond donors (Lipinski definition) is 0. The number of amides is 1. The zero-order valence-electron chi connectivity index (χ0n) is 16.1. The van der Waals surface area contributed by atoms with E-state index >= 15 is 0 Å². The Morgan fingerprint density at radius 3 is 2.63 bits per heavy atom. The first-order chi connectivity index (χ1) is 14.6. The minimum absolute atomic E-state index is 0.0272. The normalized spacial score (nSPS) is 16.5. The molecular weight excluding hydrogens is 462 g/mol. The molecule has 0 saturated carbocycles. The van der Waals surface area contributed by atoms with Crippen LogP contribution in [0.3, 0.4) is 0 Å². The molecule has 1 fully saturated rings. The smallest absolute Gasteiger partial charge is 0.227 e. The summed E-state index contributed by atoms with van der Waals surface area (Å²) in [5, 5.41) is 0.631. The number of benzene rings is 3. The molecule has 1 saturated heterocycles. The first-order valence-electron chi connectivity index (χ1n) is 9.84. The van der Waals surface area contributed by atoms with Crippen molar-refractivity contribution >= 4 is 50.2 Å². The highest BCUT2D eigenvalue weighted by molar-refractivity contribution is 9.10. The van der Waals surface area contributed by atoms with Gasteiger partial charge in [-0.2, -0.15) is 0 Å². The average Bonchev–Trinajstić information content (AvgIpc) is 3.30. The summed E-state index contributed by atoms with van der Waals surface area (Å²) in [6.07, 6.45) is 0.441. The van der Waals surface area contributed by atoms with Gasteiger partial charge in [-0.1, -0.05) is 57.9 Å². The monoisotopic (exact) mass is 479 g/mol. The van der Waals surface area contributed by atoms with Crippen LogP contribution in [-0.4, -0.2) is 22.0 Å². The second-order valence-corrected chi connectivity index (χ2v) is 8.91. The Morgan fingerprint density at radius 1 is 1.03 bits per heavy atom. The van der Waals surface area contributed by atoms with Crippen molar-refractivity contribution in [2.24, 2.45) is 0 Å². The standard InChI is InChI=1S/C24H19BrClN3O/c25-18-10-8-16(9-11-18)14-29-22-7-2-1-6-21(22)27-24(29)17-12-23(30)28(15-17)20-5-3-4-19(26)13-20/h1-11,13,17H,12,14-15H2. The number of imidazole rings is 1. The quantitative estimate of drug-likeness (QED) is 0.358. The van der Waals surface area contributed by atoms with E-state index in [1.807, 2.05) is 59.5 Å². The fraction of sp³-hybridized carbons (Fsp3) is 0.167. The molecule has 4 aromatic rings. The van der Waals surface area contributed by atoms with Crippen molar-refractivity contribution in [1.29, 1.82) is 0 Å². The van der Waals surface area contributed by atoms with E-state index < -0.39 is 0 Å². The third kappa shape index (κ3) is 3.64. The Balaban J connectivity index is 1.52. The topological polar surface area (TPSA) is 38.1 Å². The Kier molecular flexibility index (Phi) is 5.09. The van der Waals surface area contributed by atoms with Gasteiger partial charge < -0.3 is 9.47 Å². The van der Waals surface area contributed by atoms with Gasteiger partial charge in [0.15, 0.2) is 0 Å². The van der Waals surface area contributed by atoms with Crippen LogP contribution in [0.1, 0.15) is 23.7 Å². The molecule has 150 valence electrons. The third-order valence-corrected chi connectivity index (χ3v) is 6.31. The molecule has 2 heterocycles. The summed E-state index contributed by atoms with van der Waals surface area (Å²) < 4.78 is 3.30. The molecule has 3 aromatic carbocycles. The van der Waals surface area contributed by atoms with E-state index in [1.165, 1.54) is 5.56 Å². The molecule has 0 aliphatic carbocycles. The van der Waals surface area contributed by atoms with Gasteiger partial charge in [0.05, 0.1) is 11.0 Å². The predicted octanol–water partition coefficient (Wildman–Crippen LogP) is 6.02. The Bertz CT molecular complexity index is 1230. The van der Waals surface area contributed by atoms with Crippen LogP contribution >= 0.6 is 27.5 Å². The highest BCUT2D eigenvalue weighted by atomic mass is 79.9. The molecule has 0 radical (unpaired) electrons. The number of fused-ring (bicyclic) bond motifs is 1. The summed E-state index contributed by atoms with van der Waals surface area (Å²) in [4.78, 5) is 19.6. The lowest BCUT2D eigenvalue weighted by atomic mass is 10.1. The summed E-state index contributed by atoms with van der Waals surface area (Å²) in [6.45, 7) is 1.31. The zero-order valence-corrected chi connectivity index (χ0v) is 18.5. The van der Waals surface area contributed by atoms with Gasteiger partial charge in [-0.3, -0.25) is 4.79 Å². The molecule has 1 atom stereocenters. The van der Waals surface area contributed by atoms with E-state index in [2.05, 4.69) is 38.7 Å². The van der Waals surface area contributed by atoms with Crippen molar-refractivity contribution in [3.8, 4) is 0 Å². The maximum absolute atomic E-state index is 12.8. The van der Waals surface area contributed by atoms with Gasteiger partial charge in [0.2, 0.25) is 5.91 Å². The highest BCUT2D eigenvalue weighted by Gasteiger charge is 2.34. The molecular formula is C24H19BrClN3O. The van der Waals surface area contributed by atoms with E-state index in [0.717, 1.165) is 27.0 Å². The second-order valence-electron chi connectivity index (χ2n) is 7.56. The van der Waals surface area contributed by atoms with E-state index in [9.17, 15) is 4.79 Å². The van der Waals surface area contributed by atoms with Crippen LogP contribution in [0.5, 0.6) is 0 Å². The molecule has 30 heavy (non-hydrogen) atoms. The second kappa shape index (κ2) is 7.89. The van der Waals surface area contributed by atoms with Crippen LogP contribution in [0.2, 0.25) is 5.02 Å². The molecule has 5 rings (SSSR count). The number of aromatic nitrogens is 2. The number of carbonyl (C=O) groups is 1. The fourth-order valence-corrected chi connectivity index (χ4v) is 4.57. The molecule has 0 spiro atoms. The number of nitrogens with zero attached hydrogens (tertiary/aromatic N) is 3. The lowest BCUT2D eigenvalue weighted by molar-refractivity contribution is -0.117. The Hall–Kier alpha value is -2.63. The molecule has 0 N–H and O–H groups in total. The Morgan fingerprint density at radius 2 is 1.83 bits per heavy atom. The maximum Gasteiger partial charge on any atom is 0.227 e. The largest absolute Gasteiger partial charge is 0.323 e. The molecule has 0 bridgehead atoms. The Labute approximate surface area is 188 Å². The fourth-order valence-electron chi connectivity index (χ4n) is 4.12. The van der Waals surface area contributed by atoms with Gasteiger partial charge in [-0.05, 0) is 48.0 Å². The molecule has 4 nitrogen and oxygen atoms in total. The molecule has 1 aromatic heterocycles. The van der Waals surface area contributed by atoms with E-state index in [0.29, 0.717) is 24.5 Å². The van der Waals surface area contributed by atoms with Crippen molar-refractivity contribution in [3.05, 3.63) is 93.7 Å². The zero-order chi connectivity index (χ0) is 20.7. The number of rotatable bonds is 4. The number of para-hydroxylation sites is 2. The van der Waals surface area contributed by atoms with Gasteiger partial charge >= 0.3 is 0 Å². The van der Waals surface area contributed by atoms with Crippen molar-refractivity contribution in [2.45, 2.75) is 18.9 Å². The van der Waals surface area contributed by atoms with Crippen LogP contribution in [-0.2, 0) is 11.3 Å². The van der Waals surface area contributed by atoms with Crippen LogP contribution in [0, 0.1) is 0 Å². The number of hydrogen-bond acceptors (Lipinski definition) is 2. The van der Waals surface area contributed by atoms with Gasteiger partial charge in [-0.15, -0.1) is 0 Å². The average molecular weight is 481 g/mol. The number of halogens is 2. The van der Waals surface area contributed by atoms with Crippen LogP contribution in [0.4, 0.5) is 5.69 Å². The van der Waals surface area contributed by atoms with E-state index in [1.54, 1.807) is 0 Å². The van der Waals surface area contributed by atoms with E-state index in [-0.39, 0.29) is 11.8 Å².